The normalized spacial score (nSPS) is 23.5. The van der Waals surface area contributed by atoms with E-state index in [4.69, 9.17) is 11.6 Å². The molecule has 0 aliphatic carbocycles. The van der Waals surface area contributed by atoms with Gasteiger partial charge in [0.2, 0.25) is 0 Å². The summed E-state index contributed by atoms with van der Waals surface area (Å²) in [7, 11) is 4.35. The maximum atomic E-state index is 5.82. The van der Waals surface area contributed by atoms with Gasteiger partial charge in [-0.05, 0) is 40.4 Å². The van der Waals surface area contributed by atoms with Crippen molar-refractivity contribution >= 4 is 22.9 Å². The van der Waals surface area contributed by atoms with Crippen molar-refractivity contribution < 1.29 is 0 Å². The fraction of sp³-hybridized carbons (Fsp3) is 0.769. The molecule has 1 aliphatic rings. The Balaban J connectivity index is 2.01. The number of hydrogen-bond donors (Lipinski definition) is 0. The molecule has 1 aliphatic heterocycles. The van der Waals surface area contributed by atoms with E-state index >= 15 is 0 Å². The standard InChI is InChI=1S/C13H22ClN3S/c1-10(13-15-11(7-14)9-18-13)17-6-4-5-12(8-17)16(2)3/h9-10,12H,4-8H2,1-3H3. The first-order valence-electron chi connectivity index (χ1n) is 6.52. The van der Waals surface area contributed by atoms with Crippen molar-refractivity contribution in [1.29, 1.82) is 0 Å². The van der Waals surface area contributed by atoms with Gasteiger partial charge in [-0.1, -0.05) is 0 Å². The van der Waals surface area contributed by atoms with Crippen LogP contribution in [0.25, 0.3) is 0 Å². The Hall–Kier alpha value is -0.160. The minimum absolute atomic E-state index is 0.412. The number of hydrogen-bond acceptors (Lipinski definition) is 4. The van der Waals surface area contributed by atoms with Crippen molar-refractivity contribution in [3.8, 4) is 0 Å². The predicted molar refractivity (Wildman–Crippen MR) is 78.4 cm³/mol. The largest absolute Gasteiger partial charge is 0.305 e. The van der Waals surface area contributed by atoms with Crippen molar-refractivity contribution in [1.82, 2.24) is 14.8 Å². The minimum Gasteiger partial charge on any atom is -0.305 e. The lowest BCUT2D eigenvalue weighted by Gasteiger charge is -2.38. The van der Waals surface area contributed by atoms with Gasteiger partial charge in [-0.3, -0.25) is 4.90 Å². The highest BCUT2D eigenvalue weighted by Gasteiger charge is 2.26. The molecule has 1 saturated heterocycles. The molecule has 2 heterocycles. The molecule has 0 spiro atoms. The molecule has 0 bridgehead atoms. The maximum Gasteiger partial charge on any atom is 0.110 e. The molecule has 0 amide bonds. The van der Waals surface area contributed by atoms with Crippen LogP contribution < -0.4 is 0 Å². The van der Waals surface area contributed by atoms with Crippen LogP contribution in [0.1, 0.15) is 36.5 Å². The van der Waals surface area contributed by atoms with Gasteiger partial charge in [0.05, 0.1) is 17.6 Å². The van der Waals surface area contributed by atoms with Gasteiger partial charge in [0.1, 0.15) is 5.01 Å². The van der Waals surface area contributed by atoms with Gasteiger partial charge in [0.15, 0.2) is 0 Å². The maximum absolute atomic E-state index is 5.82. The van der Waals surface area contributed by atoms with E-state index in [-0.39, 0.29) is 0 Å². The minimum atomic E-state index is 0.412. The first kappa shape index (κ1) is 14.3. The number of piperidine rings is 1. The van der Waals surface area contributed by atoms with Crippen LogP contribution in [0.5, 0.6) is 0 Å². The van der Waals surface area contributed by atoms with E-state index < -0.39 is 0 Å². The Morgan fingerprint density at radius 3 is 3.00 bits per heavy atom. The van der Waals surface area contributed by atoms with E-state index in [2.05, 4.69) is 41.2 Å². The quantitative estimate of drug-likeness (QED) is 0.794. The molecule has 3 nitrogen and oxygen atoms in total. The topological polar surface area (TPSA) is 19.4 Å². The molecule has 5 heteroatoms. The first-order valence-corrected chi connectivity index (χ1v) is 7.94. The van der Waals surface area contributed by atoms with Gasteiger partial charge in [0, 0.05) is 18.0 Å². The highest BCUT2D eigenvalue weighted by Crippen LogP contribution is 2.27. The van der Waals surface area contributed by atoms with Gasteiger partial charge in [0.25, 0.3) is 0 Å². The molecular formula is C13H22ClN3S. The lowest BCUT2D eigenvalue weighted by Crippen LogP contribution is -2.45. The zero-order chi connectivity index (χ0) is 13.1. The molecule has 1 fully saturated rings. The molecule has 0 aromatic carbocycles. The molecule has 1 aromatic rings. The molecule has 0 saturated carbocycles. The summed E-state index contributed by atoms with van der Waals surface area (Å²) in [6.45, 7) is 4.58. The monoisotopic (exact) mass is 287 g/mol. The van der Waals surface area contributed by atoms with Gasteiger partial charge in [-0.25, -0.2) is 4.98 Å². The Morgan fingerprint density at radius 2 is 2.39 bits per heavy atom. The zero-order valence-electron chi connectivity index (χ0n) is 11.4. The van der Waals surface area contributed by atoms with Gasteiger partial charge < -0.3 is 4.90 Å². The van der Waals surface area contributed by atoms with Crippen LogP contribution in [-0.4, -0.2) is 48.0 Å². The molecule has 0 radical (unpaired) electrons. The van der Waals surface area contributed by atoms with Crippen LogP contribution in [0.15, 0.2) is 5.38 Å². The molecular weight excluding hydrogens is 266 g/mol. The fourth-order valence-corrected chi connectivity index (χ4v) is 3.63. The van der Waals surface area contributed by atoms with Crippen molar-refractivity contribution in [2.24, 2.45) is 0 Å². The molecule has 2 atom stereocenters. The van der Waals surface area contributed by atoms with Crippen LogP contribution >= 0.6 is 22.9 Å². The van der Waals surface area contributed by atoms with Crippen LogP contribution in [0.4, 0.5) is 0 Å². The number of rotatable bonds is 4. The molecule has 1 aromatic heterocycles. The summed E-state index contributed by atoms with van der Waals surface area (Å²) in [6.07, 6.45) is 2.59. The summed E-state index contributed by atoms with van der Waals surface area (Å²) in [6, 6.07) is 1.09. The van der Waals surface area contributed by atoms with Crippen molar-refractivity contribution in [2.45, 2.75) is 37.7 Å². The van der Waals surface area contributed by atoms with Crippen LogP contribution in [0.3, 0.4) is 0 Å². The average molecular weight is 288 g/mol. The molecule has 102 valence electrons. The number of likely N-dealkylation sites (tertiary alicyclic amines) is 1. The summed E-state index contributed by atoms with van der Waals surface area (Å²) in [5.41, 5.74) is 1.00. The summed E-state index contributed by atoms with van der Waals surface area (Å²) < 4.78 is 0. The van der Waals surface area contributed by atoms with Gasteiger partial charge in [-0.2, -0.15) is 0 Å². The summed E-state index contributed by atoms with van der Waals surface area (Å²) in [5.74, 6) is 0.517. The molecule has 0 N–H and O–H groups in total. The lowest BCUT2D eigenvalue weighted by atomic mass is 10.0. The first-order chi connectivity index (χ1) is 8.61. The van der Waals surface area contributed by atoms with E-state index in [1.807, 2.05) is 0 Å². The molecule has 18 heavy (non-hydrogen) atoms. The lowest BCUT2D eigenvalue weighted by molar-refractivity contribution is 0.102. The zero-order valence-corrected chi connectivity index (χ0v) is 13.0. The number of nitrogens with zero attached hydrogens (tertiary/aromatic N) is 3. The Kier molecular flexibility index (Phi) is 5.01. The number of halogens is 1. The fourth-order valence-electron chi connectivity index (χ4n) is 2.49. The van der Waals surface area contributed by atoms with Crippen LogP contribution in [0.2, 0.25) is 0 Å². The summed E-state index contributed by atoms with van der Waals surface area (Å²) >= 11 is 7.55. The highest BCUT2D eigenvalue weighted by atomic mass is 35.5. The molecule has 2 unspecified atom stereocenters. The van der Waals surface area contributed by atoms with Crippen molar-refractivity contribution in [3.63, 3.8) is 0 Å². The third-order valence-electron chi connectivity index (χ3n) is 3.77. The van der Waals surface area contributed by atoms with E-state index in [9.17, 15) is 0 Å². The number of aromatic nitrogens is 1. The van der Waals surface area contributed by atoms with Crippen LogP contribution in [-0.2, 0) is 5.88 Å². The number of alkyl halides is 1. The second kappa shape index (κ2) is 6.33. The van der Waals surface area contributed by atoms with E-state index in [0.29, 0.717) is 18.0 Å². The predicted octanol–water partition coefficient (Wildman–Crippen LogP) is 2.97. The van der Waals surface area contributed by atoms with Gasteiger partial charge in [-0.15, -0.1) is 22.9 Å². The highest BCUT2D eigenvalue weighted by molar-refractivity contribution is 7.09. The summed E-state index contributed by atoms with van der Waals surface area (Å²) in [4.78, 5) is 9.49. The third-order valence-corrected chi connectivity index (χ3v) is 5.11. The SMILES string of the molecule is CC(c1nc(CCl)cs1)N1CCCC(N(C)C)C1. The molecule has 2 rings (SSSR count). The van der Waals surface area contributed by atoms with Gasteiger partial charge >= 0.3 is 0 Å². The van der Waals surface area contributed by atoms with Crippen molar-refractivity contribution in [2.75, 3.05) is 27.2 Å². The smallest absolute Gasteiger partial charge is 0.110 e. The number of likely N-dealkylation sites (N-methyl/N-ethyl adjacent to an activating group) is 1. The van der Waals surface area contributed by atoms with Crippen LogP contribution in [0, 0.1) is 0 Å². The Morgan fingerprint density at radius 1 is 1.61 bits per heavy atom. The average Bonchev–Trinajstić information content (AvgIpc) is 2.86. The third kappa shape index (κ3) is 3.23. The Bertz CT molecular complexity index is 380. The van der Waals surface area contributed by atoms with Crippen molar-refractivity contribution in [3.05, 3.63) is 16.1 Å². The second-order valence-electron chi connectivity index (χ2n) is 5.24. The summed E-state index contributed by atoms with van der Waals surface area (Å²) in [5, 5.41) is 3.27. The second-order valence-corrected chi connectivity index (χ2v) is 6.40. The van der Waals surface area contributed by atoms with E-state index in [1.165, 1.54) is 24.4 Å². The van der Waals surface area contributed by atoms with E-state index in [1.54, 1.807) is 11.3 Å². The number of thiazole rings is 1. The van der Waals surface area contributed by atoms with E-state index in [0.717, 1.165) is 12.2 Å². The Labute approximate surface area is 119 Å².